The quantitative estimate of drug-likeness (QED) is 0.421. The molecule has 34 heavy (non-hydrogen) atoms. The van der Waals surface area contributed by atoms with Crippen molar-refractivity contribution in [2.24, 2.45) is 0 Å². The Morgan fingerprint density at radius 1 is 1.24 bits per heavy atom. The molecule has 0 unspecified atom stereocenters. The number of anilines is 1. The van der Waals surface area contributed by atoms with Crippen LogP contribution >= 0.6 is 0 Å². The number of nitrogens with zero attached hydrogens (tertiary/aromatic N) is 7. The lowest BCUT2D eigenvalue weighted by molar-refractivity contribution is 0.102. The molecule has 1 aliphatic carbocycles. The number of carbonyl (C=O) groups excluding carboxylic acids is 1. The van der Waals surface area contributed by atoms with Crippen LogP contribution in [0.15, 0.2) is 43.0 Å². The highest BCUT2D eigenvalue weighted by atomic mass is 19.1. The highest BCUT2D eigenvalue weighted by molar-refractivity contribution is 6.04. The Kier molecular flexibility index (Phi) is 5.87. The van der Waals surface area contributed by atoms with E-state index >= 15 is 0 Å². The lowest BCUT2D eigenvalue weighted by atomic mass is 10.1. The molecule has 1 N–H and O–H groups in total. The molecule has 0 saturated heterocycles. The number of nitrogens with one attached hydrogen (secondary N) is 1. The molecule has 1 saturated carbocycles. The van der Waals surface area contributed by atoms with Crippen LogP contribution in [-0.2, 0) is 6.54 Å². The predicted octanol–water partition coefficient (Wildman–Crippen LogP) is 4.30. The molecule has 0 spiro atoms. The average Bonchev–Trinajstić information content (AvgIpc) is 3.37. The van der Waals surface area contributed by atoms with Gasteiger partial charge in [-0.15, -0.1) is 10.2 Å². The van der Waals surface area contributed by atoms with Gasteiger partial charge in [-0.2, -0.15) is 5.10 Å². The lowest BCUT2D eigenvalue weighted by Gasteiger charge is -2.11. The van der Waals surface area contributed by atoms with Crippen LogP contribution in [-0.4, -0.2) is 40.4 Å². The molecule has 0 aliphatic heterocycles. The molecule has 0 atom stereocenters. The largest absolute Gasteiger partial charge is 0.312 e. The van der Waals surface area contributed by atoms with Crippen molar-refractivity contribution in [2.75, 3.05) is 5.32 Å². The van der Waals surface area contributed by atoms with Crippen molar-refractivity contribution in [3.05, 3.63) is 65.8 Å². The van der Waals surface area contributed by atoms with Gasteiger partial charge in [0.15, 0.2) is 11.6 Å². The fourth-order valence-electron chi connectivity index (χ4n) is 3.76. The number of amides is 1. The third-order valence-electron chi connectivity index (χ3n) is 5.82. The second kappa shape index (κ2) is 9.12. The van der Waals surface area contributed by atoms with E-state index in [-0.39, 0.29) is 5.56 Å². The Hall–Kier alpha value is -3.95. The first-order valence-corrected chi connectivity index (χ1v) is 11.4. The SMILES string of the molecule is CCCCn1cnnc1-c1cccc(NC(=O)c2cc(-n3cnc(C4CC4)n3)c(C)cc2F)n1. The van der Waals surface area contributed by atoms with Crippen molar-refractivity contribution in [3.8, 4) is 17.2 Å². The number of unbranched alkanes of at least 4 members (excludes halogenated alkanes) is 1. The van der Waals surface area contributed by atoms with Crippen molar-refractivity contribution in [1.82, 2.24) is 34.5 Å². The third kappa shape index (κ3) is 4.43. The smallest absolute Gasteiger partial charge is 0.259 e. The summed E-state index contributed by atoms with van der Waals surface area (Å²) in [5.41, 5.74) is 1.75. The van der Waals surface area contributed by atoms with Gasteiger partial charge in [0.1, 0.15) is 30.0 Å². The van der Waals surface area contributed by atoms with Crippen molar-refractivity contribution in [1.29, 1.82) is 0 Å². The van der Waals surface area contributed by atoms with E-state index < -0.39 is 11.7 Å². The number of rotatable bonds is 8. The first-order valence-electron chi connectivity index (χ1n) is 11.4. The predicted molar refractivity (Wildman–Crippen MR) is 124 cm³/mol. The van der Waals surface area contributed by atoms with E-state index in [4.69, 9.17) is 0 Å². The molecule has 10 heteroatoms. The van der Waals surface area contributed by atoms with Gasteiger partial charge in [-0.25, -0.2) is 19.0 Å². The van der Waals surface area contributed by atoms with Crippen LogP contribution < -0.4 is 5.32 Å². The van der Waals surface area contributed by atoms with Gasteiger partial charge in [-0.3, -0.25) is 4.79 Å². The van der Waals surface area contributed by atoms with Gasteiger partial charge >= 0.3 is 0 Å². The Bertz CT molecular complexity index is 1340. The summed E-state index contributed by atoms with van der Waals surface area (Å²) in [6.07, 6.45) is 7.48. The van der Waals surface area contributed by atoms with Crippen molar-refractivity contribution < 1.29 is 9.18 Å². The van der Waals surface area contributed by atoms with E-state index in [9.17, 15) is 9.18 Å². The molecule has 4 aromatic rings. The average molecular weight is 461 g/mol. The van der Waals surface area contributed by atoms with E-state index in [0.717, 1.165) is 38.1 Å². The number of pyridine rings is 1. The number of carbonyl (C=O) groups is 1. The van der Waals surface area contributed by atoms with Gasteiger partial charge in [-0.05, 0) is 56.0 Å². The fourth-order valence-corrected chi connectivity index (χ4v) is 3.76. The van der Waals surface area contributed by atoms with Crippen LogP contribution in [0.1, 0.15) is 60.3 Å². The maximum atomic E-state index is 14.8. The summed E-state index contributed by atoms with van der Waals surface area (Å²) in [7, 11) is 0. The summed E-state index contributed by atoms with van der Waals surface area (Å²) < 4.78 is 18.3. The number of hydrogen-bond donors (Lipinski definition) is 1. The van der Waals surface area contributed by atoms with Gasteiger partial charge in [0.25, 0.3) is 5.91 Å². The Balaban J connectivity index is 1.39. The molecule has 9 nitrogen and oxygen atoms in total. The Morgan fingerprint density at radius 3 is 2.88 bits per heavy atom. The summed E-state index contributed by atoms with van der Waals surface area (Å²) in [5.74, 6) is 0.880. The van der Waals surface area contributed by atoms with Crippen molar-refractivity contribution in [3.63, 3.8) is 0 Å². The van der Waals surface area contributed by atoms with Gasteiger partial charge in [-0.1, -0.05) is 19.4 Å². The van der Waals surface area contributed by atoms with E-state index in [1.54, 1.807) is 42.5 Å². The molecule has 3 aromatic heterocycles. The number of aromatic nitrogens is 7. The molecule has 3 heterocycles. The standard InChI is InChI=1S/C24H25FN8O/c1-3-4-10-32-14-27-30-23(32)19-6-5-7-21(28-19)29-24(34)17-12-20(15(2)11-18(17)25)33-13-26-22(31-33)16-8-9-16/h5-7,11-14,16H,3-4,8-10H2,1-2H3,(H,28,29,34). The minimum absolute atomic E-state index is 0.0950. The summed E-state index contributed by atoms with van der Waals surface area (Å²) in [4.78, 5) is 21.8. The molecule has 1 amide bonds. The lowest BCUT2D eigenvalue weighted by Crippen LogP contribution is -2.16. The Morgan fingerprint density at radius 2 is 2.09 bits per heavy atom. The van der Waals surface area contributed by atoms with Crippen LogP contribution in [0.25, 0.3) is 17.2 Å². The first kappa shape index (κ1) is 21.9. The zero-order valence-corrected chi connectivity index (χ0v) is 19.1. The first-order chi connectivity index (χ1) is 16.5. The zero-order valence-electron chi connectivity index (χ0n) is 19.1. The number of halogens is 1. The van der Waals surface area contributed by atoms with Crippen LogP contribution in [0.4, 0.5) is 10.2 Å². The normalized spacial score (nSPS) is 13.3. The topological polar surface area (TPSA) is 103 Å². The molecular weight excluding hydrogens is 435 g/mol. The summed E-state index contributed by atoms with van der Waals surface area (Å²) >= 11 is 0. The van der Waals surface area contributed by atoms with Crippen molar-refractivity contribution >= 4 is 11.7 Å². The maximum absolute atomic E-state index is 14.8. The molecule has 0 bridgehead atoms. The van der Waals surface area contributed by atoms with Gasteiger partial charge in [0.05, 0.1) is 11.3 Å². The van der Waals surface area contributed by atoms with Crippen LogP contribution in [0, 0.1) is 12.7 Å². The third-order valence-corrected chi connectivity index (χ3v) is 5.82. The maximum Gasteiger partial charge on any atom is 0.259 e. The number of benzene rings is 1. The molecular formula is C24H25FN8O. The highest BCUT2D eigenvalue weighted by Crippen LogP contribution is 2.38. The van der Waals surface area contributed by atoms with Crippen LogP contribution in [0.2, 0.25) is 0 Å². The van der Waals surface area contributed by atoms with E-state index in [1.807, 2.05) is 4.57 Å². The molecule has 0 radical (unpaired) electrons. The second-order valence-corrected chi connectivity index (χ2v) is 8.50. The van der Waals surface area contributed by atoms with Crippen molar-refractivity contribution in [2.45, 2.75) is 52.0 Å². The van der Waals surface area contributed by atoms with E-state index in [1.165, 1.54) is 12.1 Å². The monoisotopic (exact) mass is 460 g/mol. The summed E-state index contributed by atoms with van der Waals surface area (Å²) in [6.45, 7) is 4.67. The van der Waals surface area contributed by atoms with E-state index in [0.29, 0.717) is 34.5 Å². The second-order valence-electron chi connectivity index (χ2n) is 8.50. The molecule has 1 aliphatic rings. The molecule has 174 valence electrons. The fraction of sp³-hybridized carbons (Fsp3) is 0.333. The van der Waals surface area contributed by atoms with Crippen LogP contribution in [0.5, 0.6) is 0 Å². The molecule has 1 aromatic carbocycles. The van der Waals surface area contributed by atoms with E-state index in [2.05, 4.69) is 37.5 Å². The Labute approximate surface area is 196 Å². The highest BCUT2D eigenvalue weighted by Gasteiger charge is 2.28. The summed E-state index contributed by atoms with van der Waals surface area (Å²) in [6, 6.07) is 8.05. The molecule has 5 rings (SSSR count). The zero-order chi connectivity index (χ0) is 23.7. The summed E-state index contributed by atoms with van der Waals surface area (Å²) in [5, 5.41) is 15.4. The van der Waals surface area contributed by atoms with Gasteiger partial charge in [0.2, 0.25) is 0 Å². The number of hydrogen-bond acceptors (Lipinski definition) is 6. The van der Waals surface area contributed by atoms with Crippen LogP contribution in [0.3, 0.4) is 0 Å². The van der Waals surface area contributed by atoms with Gasteiger partial charge in [0, 0.05) is 12.5 Å². The minimum atomic E-state index is -0.614. The molecule has 1 fully saturated rings. The minimum Gasteiger partial charge on any atom is -0.312 e. The number of aryl methyl sites for hydroxylation is 2. The van der Waals surface area contributed by atoms with Gasteiger partial charge < -0.3 is 9.88 Å².